The highest BCUT2D eigenvalue weighted by Crippen LogP contribution is 2.43. The van der Waals surface area contributed by atoms with Crippen molar-refractivity contribution in [1.29, 1.82) is 0 Å². The Morgan fingerprint density at radius 2 is 0.890 bits per heavy atom. The molecule has 4 atom stereocenters. The summed E-state index contributed by atoms with van der Waals surface area (Å²) in [5, 5.41) is 8.45. The normalized spacial score (nSPS) is 16.5. The van der Waals surface area contributed by atoms with Gasteiger partial charge in [0.25, 0.3) is 0 Å². The van der Waals surface area contributed by atoms with Gasteiger partial charge in [0.1, 0.15) is 45.4 Å². The average molecular weight is 2260 g/mol. The van der Waals surface area contributed by atoms with Crippen molar-refractivity contribution in [2.45, 2.75) is 174 Å². The second kappa shape index (κ2) is 48.5. The number of carbonyl (C=O) groups is 4. The van der Waals surface area contributed by atoms with Gasteiger partial charge in [-0.25, -0.2) is 73.8 Å². The summed E-state index contributed by atoms with van der Waals surface area (Å²) in [6.45, 7) is 18.2. The molecule has 0 spiro atoms. The summed E-state index contributed by atoms with van der Waals surface area (Å²) in [7, 11) is 3.16. The molecule has 5 aliphatic heterocycles. The molecule has 46 heteroatoms. The van der Waals surface area contributed by atoms with Crippen LogP contribution in [0.25, 0.3) is 100 Å². The molecule has 2 N–H and O–H groups in total. The van der Waals surface area contributed by atoms with Crippen molar-refractivity contribution in [2.75, 3.05) is 93.9 Å². The number of anilines is 4. The number of ketones is 1. The molecule has 146 heavy (non-hydrogen) atoms. The molecule has 764 valence electrons. The summed E-state index contributed by atoms with van der Waals surface area (Å²) < 4.78 is 116. The Morgan fingerprint density at radius 1 is 0.466 bits per heavy atom. The van der Waals surface area contributed by atoms with E-state index in [9.17, 15) is 37.5 Å². The molecule has 16 aromatic heterocycles. The molecule has 5 aliphatic rings. The quantitative estimate of drug-likeness (QED) is 0.0167. The predicted molar refractivity (Wildman–Crippen MR) is 550 cm³/mol. The van der Waals surface area contributed by atoms with E-state index in [0.717, 1.165) is 122 Å². The first-order chi connectivity index (χ1) is 70.6. The zero-order chi connectivity index (χ0) is 103. The summed E-state index contributed by atoms with van der Waals surface area (Å²) in [6.07, 6.45) is 28.1. The SMILES string of the molecule is CC1(C)OB(c2cnco2)OC1(C)C.CCOC(=O)N(CCC1CCCO1)c1c(C(=O)c2ccc(F)nc2)oc2ncc(Br)cc12.CCOC(=O)c1oc2ncc(Br)cc2c1N(CCC1CCCO1)C(=O)OCC.CNc1ccc(-c2nc(=O)n(CCC3CCCO3)c3c2oc2ncc(-c4cnco4)cc23)cn1.CNc1ccc(-c2nc(=O)n(CCC3CCCO3)c3c2oc2ncc(Br)cc23)cn1.Fc1ccc(Br)cn1. The topological polar surface area (TPSA) is 459 Å². The lowest BCUT2D eigenvalue weighted by Crippen LogP contribution is -2.41. The van der Waals surface area contributed by atoms with E-state index in [1.807, 2.05) is 64.1 Å². The number of nitrogens with zero attached hydrogens (tertiary/aromatic N) is 16. The highest BCUT2D eigenvalue weighted by molar-refractivity contribution is 9.11. The number of carbonyl (C=O) groups excluding carboxylic acids is 4. The van der Waals surface area contributed by atoms with Crippen LogP contribution in [0.4, 0.5) is 41.4 Å². The predicted octanol–water partition coefficient (Wildman–Crippen LogP) is 20.0. The standard InChI is InChI=1S/C24H22N6O4.C22H21BrFN3O5.C21H20BrN5O3.C19H23BrN2O6.C9H14BNO3.C5H3BrFN/c1-25-19-5-4-14(10-27-19)20-22-21(30(24(31)29-20)7-6-16-3-2-8-32-16)17-9-15(11-28-23(17)34-22)18-12-26-13-33-18;1-2-30-22(29)27(8-7-15-4-3-9-31-15)18-16-10-14(23)12-26-21(16)32-20(18)19(28)13-5-6-17(24)25-11-13;1-23-16-5-4-12(10-24-16)17-19-18(15-9-13(22)11-25-20(15)30-19)27(21(28)26-17)7-6-14-3-2-8-29-14;1-3-25-18(23)16-15(14-10-12(20)11-21-17(14)28-16)22(19(24)26-4-2)8-7-13-6-5-9-27-13;1-8(2)9(3,4)14-10(13-8)7-5-11-6-12-7;6-4-1-2-5(7)8-3-4/h4-5,9-13,16H,2-3,6-8H2,1H3,(H,25,27);5-6,10-12,15H,2-4,7-9H2,1H3;4-5,9-11,14H,2-3,6-8H2,1H3,(H,23,24);10-11,13H,3-9H2,1-2H3;5-6H,1-4H3;1-3H. The van der Waals surface area contributed by atoms with Crippen molar-refractivity contribution in [3.8, 4) is 33.8 Å². The van der Waals surface area contributed by atoms with Crippen LogP contribution < -0.4 is 37.5 Å². The highest BCUT2D eigenvalue weighted by atomic mass is 79.9. The third kappa shape index (κ3) is 25.1. The maximum atomic E-state index is 13.3. The molecule has 5 fully saturated rings. The molecule has 0 bridgehead atoms. The van der Waals surface area contributed by atoms with Crippen molar-refractivity contribution in [3.05, 3.63) is 215 Å². The summed E-state index contributed by atoms with van der Waals surface area (Å²) in [5.74, 6) is -0.496. The molecule has 0 radical (unpaired) electrons. The van der Waals surface area contributed by atoms with Gasteiger partial charge in [0.05, 0.1) is 89.4 Å². The van der Waals surface area contributed by atoms with Crippen molar-refractivity contribution in [3.63, 3.8) is 0 Å². The van der Waals surface area contributed by atoms with Crippen LogP contribution in [0.5, 0.6) is 0 Å². The molecule has 21 rings (SSSR count). The Balaban J connectivity index is 0.000000130. The maximum Gasteiger partial charge on any atom is 0.534 e. The highest BCUT2D eigenvalue weighted by Gasteiger charge is 2.53. The zero-order valence-corrected chi connectivity index (χ0v) is 87.3. The molecule has 2 amide bonds. The molecule has 4 unspecified atom stereocenters. The van der Waals surface area contributed by atoms with Gasteiger partial charge >= 0.3 is 36.7 Å². The lowest BCUT2D eigenvalue weighted by molar-refractivity contribution is 0.00578. The van der Waals surface area contributed by atoms with E-state index in [1.54, 1.807) is 106 Å². The van der Waals surface area contributed by atoms with Crippen LogP contribution in [0.1, 0.15) is 152 Å². The number of ether oxygens (including phenoxy) is 7. The van der Waals surface area contributed by atoms with E-state index in [-0.39, 0.29) is 108 Å². The smallest absolute Gasteiger partial charge is 0.460 e. The number of hydrogen-bond donors (Lipinski definition) is 2. The largest absolute Gasteiger partial charge is 0.534 e. The van der Waals surface area contributed by atoms with Gasteiger partial charge in [0.2, 0.25) is 52.1 Å². The van der Waals surface area contributed by atoms with Crippen LogP contribution in [-0.4, -0.2) is 209 Å². The van der Waals surface area contributed by atoms with Gasteiger partial charge in [0.15, 0.2) is 35.4 Å². The molecule has 0 saturated carbocycles. The average Bonchev–Trinajstić information content (AvgIpc) is 1.57. The molecular weight excluding hydrogens is 2160 g/mol. The van der Waals surface area contributed by atoms with Crippen LogP contribution in [0.15, 0.2) is 202 Å². The Labute approximate surface area is 867 Å². The van der Waals surface area contributed by atoms with Crippen molar-refractivity contribution < 1.29 is 96.9 Å². The fraction of sp³-hybridized carbons (Fsp3) is 0.380. The van der Waals surface area contributed by atoms with E-state index in [1.165, 1.54) is 47.1 Å². The first kappa shape index (κ1) is 106. The zero-order valence-electron chi connectivity index (χ0n) is 81.0. The van der Waals surface area contributed by atoms with Crippen LogP contribution >= 0.6 is 63.7 Å². The fourth-order valence-electron chi connectivity index (χ4n) is 16.8. The second-order valence-corrected chi connectivity index (χ2v) is 38.5. The van der Waals surface area contributed by atoms with E-state index in [4.69, 9.17) is 69.0 Å². The van der Waals surface area contributed by atoms with Crippen LogP contribution in [0.3, 0.4) is 0 Å². The Morgan fingerprint density at radius 3 is 1.30 bits per heavy atom. The number of aromatic nitrogens is 14. The number of furan rings is 4. The molecule has 5 saturated heterocycles. The third-order valence-electron chi connectivity index (χ3n) is 24.7. The first-order valence-electron chi connectivity index (χ1n) is 47.4. The number of oxazole rings is 2. The Bertz CT molecular complexity index is 7310. The third-order valence-corrected chi connectivity index (χ3v) is 26.5. The molecule has 21 heterocycles. The molecule has 0 aromatic carbocycles. The van der Waals surface area contributed by atoms with Crippen LogP contribution in [0.2, 0.25) is 0 Å². The number of pyridine rings is 8. The molecule has 16 aromatic rings. The number of esters is 1. The maximum absolute atomic E-state index is 13.3. The van der Waals surface area contributed by atoms with Gasteiger partial charge in [-0.1, -0.05) is 0 Å². The van der Waals surface area contributed by atoms with Gasteiger partial charge in [-0.3, -0.25) is 23.7 Å². The number of hydrogen-bond acceptors (Lipinski definition) is 35. The lowest BCUT2D eigenvalue weighted by atomic mass is 9.87. The minimum Gasteiger partial charge on any atom is -0.460 e. The van der Waals surface area contributed by atoms with Crippen molar-refractivity contribution >= 4 is 190 Å². The van der Waals surface area contributed by atoms with E-state index in [2.05, 4.69) is 134 Å². The van der Waals surface area contributed by atoms with Crippen LogP contribution in [-0.2, 0) is 55.6 Å². The molecule has 39 nitrogen and oxygen atoms in total. The number of halogens is 6. The van der Waals surface area contributed by atoms with E-state index < -0.39 is 43.0 Å². The molecule has 0 aliphatic carbocycles. The first-order valence-corrected chi connectivity index (χ1v) is 50.6. The van der Waals surface area contributed by atoms with E-state index in [0.29, 0.717) is 143 Å². The molecular formula is C100H103BBr4F2N18O21. The number of rotatable bonds is 26. The number of fused-ring (bicyclic) bond motifs is 8. The van der Waals surface area contributed by atoms with Gasteiger partial charge < -0.3 is 79.6 Å². The number of aryl methyl sites for hydroxylation is 2. The second-order valence-electron chi connectivity index (χ2n) is 34.8. The van der Waals surface area contributed by atoms with Crippen molar-refractivity contribution in [1.82, 2.24) is 68.9 Å². The lowest BCUT2D eigenvalue weighted by Gasteiger charge is -2.32. The monoisotopic (exact) mass is 2260 g/mol. The Hall–Kier alpha value is -13.1. The Kier molecular flexibility index (Phi) is 35.1. The number of nitrogens with one attached hydrogen (secondary N) is 2. The minimum absolute atomic E-state index is 0.0235. The summed E-state index contributed by atoms with van der Waals surface area (Å²) in [5.41, 5.74) is 6.66. The summed E-state index contributed by atoms with van der Waals surface area (Å²) in [4.78, 5) is 130. The number of amides is 2. The summed E-state index contributed by atoms with van der Waals surface area (Å²) >= 11 is 13.3. The van der Waals surface area contributed by atoms with Gasteiger partial charge in [-0.05, 0) is 262 Å². The fourth-order valence-corrected chi connectivity index (χ4v) is 18.1. The van der Waals surface area contributed by atoms with Crippen molar-refractivity contribution in [2.24, 2.45) is 0 Å². The minimum atomic E-state index is -0.707. The van der Waals surface area contributed by atoms with Gasteiger partial charge in [0, 0.05) is 156 Å². The van der Waals surface area contributed by atoms with Gasteiger partial charge in [-0.2, -0.15) is 18.7 Å². The van der Waals surface area contributed by atoms with E-state index >= 15 is 0 Å². The van der Waals surface area contributed by atoms with Crippen LogP contribution in [0, 0.1) is 11.9 Å². The van der Waals surface area contributed by atoms with Gasteiger partial charge in [-0.15, -0.1) is 0 Å². The summed E-state index contributed by atoms with van der Waals surface area (Å²) in [6, 6.07) is 20.0.